The highest BCUT2D eigenvalue weighted by Gasteiger charge is 2.64. The number of fused-ring (bicyclic) bond motifs is 3. The van der Waals surface area contributed by atoms with E-state index in [0.29, 0.717) is 30.0 Å². The maximum atomic E-state index is 10.6. The molecular formula is C20H24N2O3. The first-order valence-corrected chi connectivity index (χ1v) is 9.42. The number of aromatic nitrogens is 1. The Morgan fingerprint density at radius 3 is 2.96 bits per heavy atom. The van der Waals surface area contributed by atoms with Gasteiger partial charge in [0.15, 0.2) is 12.6 Å². The minimum absolute atomic E-state index is 0.190. The molecule has 0 spiro atoms. The van der Waals surface area contributed by atoms with Crippen LogP contribution in [0.3, 0.4) is 0 Å². The van der Waals surface area contributed by atoms with Gasteiger partial charge in [0, 0.05) is 47.6 Å². The van der Waals surface area contributed by atoms with Crippen LogP contribution in [-0.4, -0.2) is 46.8 Å². The second-order valence-corrected chi connectivity index (χ2v) is 8.22. The lowest BCUT2D eigenvalue weighted by Crippen LogP contribution is -2.73. The number of methoxy groups -OCH3 is 1. The van der Waals surface area contributed by atoms with Crippen LogP contribution < -0.4 is 0 Å². The van der Waals surface area contributed by atoms with E-state index >= 15 is 0 Å². The molecule has 4 saturated heterocycles. The number of hydrogen-bond donors (Lipinski definition) is 2. The molecule has 2 N–H and O–H groups in total. The number of para-hydroxylation sites is 1. The summed E-state index contributed by atoms with van der Waals surface area (Å²) < 4.78 is 11.5. The Hall–Kier alpha value is -1.40. The molecule has 6 heterocycles. The number of hydrogen-bond acceptors (Lipinski definition) is 4. The Morgan fingerprint density at radius 1 is 1.28 bits per heavy atom. The lowest BCUT2D eigenvalue weighted by Gasteiger charge is -2.66. The monoisotopic (exact) mass is 340 g/mol. The van der Waals surface area contributed by atoms with E-state index in [2.05, 4.69) is 41.1 Å². The molecule has 7 rings (SSSR count). The second-order valence-electron chi connectivity index (χ2n) is 8.22. The van der Waals surface area contributed by atoms with Gasteiger partial charge in [-0.05, 0) is 37.3 Å². The Labute approximate surface area is 146 Å². The molecule has 4 fully saturated rings. The number of H-pyrrole nitrogens is 1. The number of aliphatic hydroxyl groups is 1. The Kier molecular flexibility index (Phi) is 2.86. The highest BCUT2D eigenvalue weighted by atomic mass is 16.7. The van der Waals surface area contributed by atoms with Gasteiger partial charge in [-0.15, -0.1) is 0 Å². The third kappa shape index (κ3) is 1.68. The van der Waals surface area contributed by atoms with Gasteiger partial charge in [-0.1, -0.05) is 18.2 Å². The van der Waals surface area contributed by atoms with Crippen molar-refractivity contribution in [3.8, 4) is 0 Å². The van der Waals surface area contributed by atoms with E-state index in [9.17, 15) is 5.11 Å². The third-order valence-corrected chi connectivity index (χ3v) is 7.44. The second kappa shape index (κ2) is 4.86. The van der Waals surface area contributed by atoms with Crippen molar-refractivity contribution in [2.45, 2.75) is 50.5 Å². The minimum Gasteiger partial charge on any atom is -0.368 e. The van der Waals surface area contributed by atoms with Crippen molar-refractivity contribution in [3.05, 3.63) is 35.5 Å². The molecular weight excluding hydrogens is 316 g/mol. The molecule has 5 nitrogen and oxygen atoms in total. The predicted octanol–water partition coefficient (Wildman–Crippen LogP) is 2.41. The first kappa shape index (κ1) is 14.7. The smallest absolute Gasteiger partial charge is 0.164 e. The van der Waals surface area contributed by atoms with Gasteiger partial charge in [-0.25, -0.2) is 0 Å². The molecule has 5 aliphatic rings. The first-order chi connectivity index (χ1) is 12.2. The number of nitrogens with zero attached hydrogens (tertiary/aromatic N) is 1. The summed E-state index contributed by atoms with van der Waals surface area (Å²) in [5.74, 6) is 0.991. The highest BCUT2D eigenvalue weighted by molar-refractivity contribution is 5.85. The summed E-state index contributed by atoms with van der Waals surface area (Å²) in [6.45, 7) is 2.26. The molecule has 0 radical (unpaired) electrons. The summed E-state index contributed by atoms with van der Waals surface area (Å²) in [6.07, 6.45) is 1.10. The topological polar surface area (TPSA) is 57.7 Å². The molecule has 5 aliphatic heterocycles. The van der Waals surface area contributed by atoms with Gasteiger partial charge >= 0.3 is 0 Å². The Morgan fingerprint density at radius 2 is 2.12 bits per heavy atom. The van der Waals surface area contributed by atoms with Crippen molar-refractivity contribution in [3.63, 3.8) is 0 Å². The van der Waals surface area contributed by atoms with Crippen LogP contribution in [0.5, 0.6) is 0 Å². The van der Waals surface area contributed by atoms with Crippen molar-refractivity contribution in [2.24, 2.45) is 17.8 Å². The van der Waals surface area contributed by atoms with Crippen molar-refractivity contribution in [2.75, 3.05) is 7.11 Å². The molecule has 5 heteroatoms. The summed E-state index contributed by atoms with van der Waals surface area (Å²) >= 11 is 0. The van der Waals surface area contributed by atoms with Crippen LogP contribution in [-0.2, 0) is 15.9 Å². The van der Waals surface area contributed by atoms with Crippen LogP contribution in [0.2, 0.25) is 0 Å². The minimum atomic E-state index is -0.716. The van der Waals surface area contributed by atoms with E-state index in [1.165, 1.54) is 22.2 Å². The maximum absolute atomic E-state index is 10.6. The molecule has 9 atom stereocenters. The standard InChI is InChI=1S/C20H24N2O3/c1-9-16-12-8-15-18-11(10-5-3-4-6-13(10)21-18)7-14(22(9)15)17(12)20(24-2)25-19(16)23/h3-6,9,12,14-17,19-21,23H,7-8H2,1-2H3/t9-,12+,14+,15+,16-,17-,19+,20+/m1/s1. The average Bonchev–Trinajstić information content (AvgIpc) is 2.99. The molecule has 25 heavy (non-hydrogen) atoms. The van der Waals surface area contributed by atoms with E-state index in [-0.39, 0.29) is 12.2 Å². The molecule has 2 aromatic rings. The van der Waals surface area contributed by atoms with E-state index < -0.39 is 6.29 Å². The lowest BCUT2D eigenvalue weighted by atomic mass is 9.58. The van der Waals surface area contributed by atoms with Gasteiger partial charge in [0.25, 0.3) is 0 Å². The van der Waals surface area contributed by atoms with Gasteiger partial charge in [0.05, 0.1) is 6.04 Å². The first-order valence-electron chi connectivity index (χ1n) is 9.42. The third-order valence-electron chi connectivity index (χ3n) is 7.44. The van der Waals surface area contributed by atoms with Crippen LogP contribution >= 0.6 is 0 Å². The molecule has 0 aliphatic carbocycles. The average molecular weight is 340 g/mol. The molecule has 0 saturated carbocycles. The van der Waals surface area contributed by atoms with Gasteiger partial charge in [-0.2, -0.15) is 0 Å². The zero-order valence-electron chi connectivity index (χ0n) is 14.6. The van der Waals surface area contributed by atoms with Crippen LogP contribution in [0.25, 0.3) is 10.9 Å². The zero-order chi connectivity index (χ0) is 16.9. The van der Waals surface area contributed by atoms with Crippen LogP contribution in [0.4, 0.5) is 0 Å². The van der Waals surface area contributed by atoms with E-state index in [1.807, 2.05) is 0 Å². The molecule has 1 unspecified atom stereocenters. The van der Waals surface area contributed by atoms with Crippen LogP contribution in [0.15, 0.2) is 24.3 Å². The number of benzene rings is 1. The van der Waals surface area contributed by atoms with E-state index in [1.54, 1.807) is 7.11 Å². The zero-order valence-corrected chi connectivity index (χ0v) is 14.6. The summed E-state index contributed by atoms with van der Waals surface area (Å²) in [5, 5.41) is 11.9. The molecule has 1 aromatic carbocycles. The molecule has 0 amide bonds. The lowest BCUT2D eigenvalue weighted by molar-refractivity contribution is -0.355. The van der Waals surface area contributed by atoms with E-state index in [0.717, 1.165) is 12.8 Å². The van der Waals surface area contributed by atoms with Crippen molar-refractivity contribution in [1.29, 1.82) is 0 Å². The van der Waals surface area contributed by atoms with Gasteiger partial charge in [-0.3, -0.25) is 4.90 Å². The quantitative estimate of drug-likeness (QED) is 0.837. The molecule has 6 bridgehead atoms. The van der Waals surface area contributed by atoms with Gasteiger partial charge in [0.1, 0.15) is 0 Å². The normalized spacial score (nSPS) is 47.1. The largest absolute Gasteiger partial charge is 0.368 e. The summed E-state index contributed by atoms with van der Waals surface area (Å²) in [7, 11) is 1.70. The number of aromatic amines is 1. The highest BCUT2D eigenvalue weighted by Crippen LogP contribution is 2.60. The van der Waals surface area contributed by atoms with Gasteiger partial charge in [0.2, 0.25) is 0 Å². The molecule has 1 aromatic heterocycles. The van der Waals surface area contributed by atoms with Crippen molar-refractivity contribution in [1.82, 2.24) is 9.88 Å². The fraction of sp³-hybridized carbons (Fsp3) is 0.600. The predicted molar refractivity (Wildman–Crippen MR) is 92.8 cm³/mol. The number of nitrogens with one attached hydrogen (secondary N) is 1. The van der Waals surface area contributed by atoms with Crippen molar-refractivity contribution >= 4 is 10.9 Å². The van der Waals surface area contributed by atoms with Crippen LogP contribution in [0.1, 0.15) is 30.6 Å². The summed E-state index contributed by atoms with van der Waals surface area (Å²) in [5.41, 5.74) is 4.12. The number of ether oxygens (including phenoxy) is 2. The number of aliphatic hydroxyl groups excluding tert-OH is 1. The number of piperidine rings is 3. The summed E-state index contributed by atoms with van der Waals surface area (Å²) in [6, 6.07) is 9.83. The summed E-state index contributed by atoms with van der Waals surface area (Å²) in [4.78, 5) is 6.37. The Bertz CT molecular complexity index is 849. The van der Waals surface area contributed by atoms with Gasteiger partial charge < -0.3 is 19.6 Å². The maximum Gasteiger partial charge on any atom is 0.164 e. The fourth-order valence-corrected chi connectivity index (χ4v) is 6.62. The van der Waals surface area contributed by atoms with Crippen molar-refractivity contribution < 1.29 is 14.6 Å². The SMILES string of the molecule is CO[C@H]1O[C@H](O)[C@H]2[C@@H]3C[C@H]4c5[nH]c6ccccc6c5C[C@@H]([C@H]13)N4[C@@H]2C. The van der Waals surface area contributed by atoms with E-state index in [4.69, 9.17) is 9.47 Å². The fourth-order valence-electron chi connectivity index (χ4n) is 6.62. The van der Waals surface area contributed by atoms with Crippen LogP contribution in [0, 0.1) is 17.8 Å². The number of rotatable bonds is 1. The molecule has 132 valence electrons. The Balaban J connectivity index is 1.53.